The third-order valence-corrected chi connectivity index (χ3v) is 4.56. The quantitative estimate of drug-likeness (QED) is 0.673. The Hall–Kier alpha value is -0.880. The molecule has 0 unspecified atom stereocenters. The van der Waals surface area contributed by atoms with Crippen LogP contribution in [0.4, 0.5) is 0 Å². The topological polar surface area (TPSA) is 76.0 Å². The highest BCUT2D eigenvalue weighted by atomic mass is 35.5. The van der Waals surface area contributed by atoms with Crippen molar-refractivity contribution >= 4 is 24.8 Å². The summed E-state index contributed by atoms with van der Waals surface area (Å²) in [7, 11) is 0. The maximum atomic E-state index is 10.2. The second kappa shape index (κ2) is 8.11. The van der Waals surface area contributed by atoms with Gasteiger partial charge in [-0.1, -0.05) is 6.42 Å². The van der Waals surface area contributed by atoms with Crippen LogP contribution in [0.5, 0.6) is 17.2 Å². The lowest BCUT2D eigenvalue weighted by Gasteiger charge is -2.43. The molecule has 5 nitrogen and oxygen atoms in total. The first kappa shape index (κ1) is 19.2. The number of nitrogens with zero attached hydrogens (tertiary/aromatic N) is 1. The molecule has 0 bridgehead atoms. The molecule has 0 amide bonds. The monoisotopic (exact) mass is 350 g/mol. The maximum absolute atomic E-state index is 10.2. The number of hydrogen-bond donors (Lipinski definition) is 4. The molecule has 126 valence electrons. The number of aromatic hydroxyl groups is 3. The first-order valence-electron chi connectivity index (χ1n) is 7.36. The van der Waals surface area contributed by atoms with Crippen molar-refractivity contribution < 1.29 is 15.3 Å². The second-order valence-electron chi connectivity index (χ2n) is 5.82. The normalized spacial score (nSPS) is 20.4. The van der Waals surface area contributed by atoms with Crippen molar-refractivity contribution in [1.29, 1.82) is 0 Å². The second-order valence-corrected chi connectivity index (χ2v) is 5.82. The highest BCUT2D eigenvalue weighted by Gasteiger charge is 2.36. The van der Waals surface area contributed by atoms with E-state index in [2.05, 4.69) is 10.2 Å². The van der Waals surface area contributed by atoms with E-state index < -0.39 is 0 Å². The number of hydrogen-bond acceptors (Lipinski definition) is 5. The molecule has 3 rings (SSSR count). The predicted molar refractivity (Wildman–Crippen MR) is 90.5 cm³/mol. The van der Waals surface area contributed by atoms with Crippen LogP contribution in [0.1, 0.15) is 30.9 Å². The van der Waals surface area contributed by atoms with Gasteiger partial charge in [-0.15, -0.1) is 24.8 Å². The van der Waals surface area contributed by atoms with E-state index in [9.17, 15) is 15.3 Å². The van der Waals surface area contributed by atoms with Crippen LogP contribution in [0.3, 0.4) is 0 Å². The van der Waals surface area contributed by atoms with Gasteiger partial charge in [-0.25, -0.2) is 0 Å². The summed E-state index contributed by atoms with van der Waals surface area (Å²) >= 11 is 0. The molecule has 0 radical (unpaired) electrons. The largest absolute Gasteiger partial charge is 0.508 e. The van der Waals surface area contributed by atoms with Gasteiger partial charge in [0.05, 0.1) is 5.56 Å². The molecule has 1 heterocycles. The average molecular weight is 351 g/mol. The highest BCUT2D eigenvalue weighted by molar-refractivity contribution is 5.85. The summed E-state index contributed by atoms with van der Waals surface area (Å²) < 4.78 is 0. The third-order valence-electron chi connectivity index (χ3n) is 4.56. The predicted octanol–water partition coefficient (Wildman–Crippen LogP) is 2.39. The third kappa shape index (κ3) is 3.71. The SMILES string of the molecule is Cl.Cl.Oc1cc(O)c([C@H](C2CCC2)N2CCNCC2)c(O)c1. The number of halogens is 2. The Morgan fingerprint density at radius 1 is 1.00 bits per heavy atom. The number of phenolic OH excluding ortho intramolecular Hbond substituents is 3. The minimum atomic E-state index is -0.101. The summed E-state index contributed by atoms with van der Waals surface area (Å²) in [5.41, 5.74) is 0.578. The molecule has 2 fully saturated rings. The van der Waals surface area contributed by atoms with Crippen LogP contribution in [0.25, 0.3) is 0 Å². The molecular weight excluding hydrogens is 327 g/mol. The van der Waals surface area contributed by atoms with E-state index in [1.54, 1.807) is 0 Å². The Balaban J connectivity index is 0.00000121. The van der Waals surface area contributed by atoms with Crippen molar-refractivity contribution in [2.24, 2.45) is 5.92 Å². The fraction of sp³-hybridized carbons (Fsp3) is 0.600. The van der Waals surface area contributed by atoms with Gasteiger partial charge in [0.25, 0.3) is 0 Å². The van der Waals surface area contributed by atoms with Gasteiger partial charge in [0.1, 0.15) is 17.2 Å². The zero-order chi connectivity index (χ0) is 14.1. The lowest BCUT2D eigenvalue weighted by Crippen LogP contribution is -2.47. The summed E-state index contributed by atoms with van der Waals surface area (Å²) in [6.07, 6.45) is 3.48. The Kier molecular flexibility index (Phi) is 7.06. The molecule has 1 aliphatic carbocycles. The van der Waals surface area contributed by atoms with Crippen LogP contribution in [-0.2, 0) is 0 Å². The molecule has 4 N–H and O–H groups in total. The molecule has 1 aliphatic heterocycles. The van der Waals surface area contributed by atoms with Crippen LogP contribution in [-0.4, -0.2) is 46.4 Å². The van der Waals surface area contributed by atoms with Crippen LogP contribution in [0, 0.1) is 5.92 Å². The van der Waals surface area contributed by atoms with E-state index in [4.69, 9.17) is 0 Å². The lowest BCUT2D eigenvalue weighted by molar-refractivity contribution is 0.0800. The van der Waals surface area contributed by atoms with Crippen LogP contribution in [0.2, 0.25) is 0 Å². The van der Waals surface area contributed by atoms with Gasteiger partial charge in [-0.2, -0.15) is 0 Å². The van der Waals surface area contributed by atoms with E-state index in [1.165, 1.54) is 18.6 Å². The Labute approximate surface area is 143 Å². The smallest absolute Gasteiger partial charge is 0.127 e. The molecule has 0 aromatic heterocycles. The van der Waals surface area contributed by atoms with Gasteiger partial charge in [0.15, 0.2) is 0 Å². The molecule has 0 spiro atoms. The van der Waals surface area contributed by atoms with Gasteiger partial charge in [0, 0.05) is 44.4 Å². The Bertz CT molecular complexity index is 469. The van der Waals surface area contributed by atoms with Crippen molar-refractivity contribution in [1.82, 2.24) is 10.2 Å². The standard InChI is InChI=1S/C15H22N2O3.2ClH/c18-11-8-12(19)14(13(20)9-11)15(10-2-1-3-10)17-6-4-16-5-7-17;;/h8-10,15-16,18-20H,1-7H2;2*1H/t15-;;/m0../s1. The average Bonchev–Trinajstić information content (AvgIpc) is 2.35. The minimum Gasteiger partial charge on any atom is -0.508 e. The zero-order valence-electron chi connectivity index (χ0n) is 12.4. The maximum Gasteiger partial charge on any atom is 0.127 e. The highest BCUT2D eigenvalue weighted by Crippen LogP contribution is 2.48. The molecule has 1 aromatic carbocycles. The van der Waals surface area contributed by atoms with Crippen molar-refractivity contribution in [2.75, 3.05) is 26.2 Å². The summed E-state index contributed by atoms with van der Waals surface area (Å²) in [5, 5.41) is 33.2. The van der Waals surface area contributed by atoms with Gasteiger partial charge in [-0.3, -0.25) is 4.90 Å². The molecule has 22 heavy (non-hydrogen) atoms. The van der Waals surface area contributed by atoms with Gasteiger partial charge in [-0.05, 0) is 18.8 Å². The number of phenols is 3. The summed E-state index contributed by atoms with van der Waals surface area (Å²) in [6.45, 7) is 3.70. The van der Waals surface area contributed by atoms with E-state index in [0.29, 0.717) is 11.5 Å². The van der Waals surface area contributed by atoms with Crippen molar-refractivity contribution in [2.45, 2.75) is 25.3 Å². The first-order valence-corrected chi connectivity index (χ1v) is 7.36. The number of piperazine rings is 1. The Morgan fingerprint density at radius 2 is 1.55 bits per heavy atom. The number of nitrogens with one attached hydrogen (secondary N) is 1. The summed E-state index contributed by atoms with van der Waals surface area (Å²) in [6, 6.07) is 2.69. The summed E-state index contributed by atoms with van der Waals surface area (Å²) in [5.74, 6) is 0.377. The molecule has 1 saturated carbocycles. The molecule has 1 aromatic rings. The number of benzene rings is 1. The number of rotatable bonds is 3. The zero-order valence-corrected chi connectivity index (χ0v) is 14.0. The van der Waals surface area contributed by atoms with Crippen molar-refractivity contribution in [3.63, 3.8) is 0 Å². The lowest BCUT2D eigenvalue weighted by atomic mass is 9.75. The van der Waals surface area contributed by atoms with E-state index >= 15 is 0 Å². The van der Waals surface area contributed by atoms with E-state index in [-0.39, 0.29) is 48.1 Å². The van der Waals surface area contributed by atoms with Crippen molar-refractivity contribution in [3.05, 3.63) is 17.7 Å². The fourth-order valence-electron chi connectivity index (χ4n) is 3.34. The van der Waals surface area contributed by atoms with E-state index in [0.717, 1.165) is 39.0 Å². The molecule has 2 aliphatic rings. The molecule has 1 atom stereocenters. The van der Waals surface area contributed by atoms with Gasteiger partial charge in [0.2, 0.25) is 0 Å². The first-order chi connectivity index (χ1) is 9.66. The molecule has 1 saturated heterocycles. The van der Waals surface area contributed by atoms with Gasteiger partial charge >= 0.3 is 0 Å². The van der Waals surface area contributed by atoms with Gasteiger partial charge < -0.3 is 20.6 Å². The van der Waals surface area contributed by atoms with Crippen LogP contribution < -0.4 is 5.32 Å². The van der Waals surface area contributed by atoms with Crippen LogP contribution >= 0.6 is 24.8 Å². The minimum absolute atomic E-state index is 0. The molecular formula is C15H24Cl2N2O3. The summed E-state index contributed by atoms with van der Waals surface area (Å²) in [4.78, 5) is 2.34. The molecule has 7 heteroatoms. The van der Waals surface area contributed by atoms with E-state index in [1.807, 2.05) is 0 Å². The van der Waals surface area contributed by atoms with Crippen LogP contribution in [0.15, 0.2) is 12.1 Å². The Morgan fingerprint density at radius 3 is 2.00 bits per heavy atom. The van der Waals surface area contributed by atoms with Crippen molar-refractivity contribution in [3.8, 4) is 17.2 Å². The fourth-order valence-corrected chi connectivity index (χ4v) is 3.34.